The van der Waals surface area contributed by atoms with Gasteiger partial charge >= 0.3 is 11.9 Å². The van der Waals surface area contributed by atoms with Crippen molar-refractivity contribution in [2.45, 2.75) is 300 Å². The molecule has 15 heteroatoms. The average Bonchev–Trinajstić information content (AvgIpc) is 3.42. The molecule has 0 bridgehead atoms. The third kappa shape index (κ3) is 33.8. The lowest BCUT2D eigenvalue weighted by molar-refractivity contribution is -0.332. The summed E-state index contributed by atoms with van der Waals surface area (Å²) in [6.45, 7) is 2.55. The van der Waals surface area contributed by atoms with Crippen molar-refractivity contribution in [2.24, 2.45) is 0 Å². The fourth-order valence-electron chi connectivity index (χ4n) is 9.35. The summed E-state index contributed by atoms with van der Waals surface area (Å²) in [5, 5.41) is 72.3. The van der Waals surface area contributed by atoms with Gasteiger partial charge in [0.1, 0.15) is 55.4 Å². The summed E-state index contributed by atoms with van der Waals surface area (Å²) in [5.74, 6) is -0.982. The lowest BCUT2D eigenvalue weighted by Crippen LogP contribution is -2.61. The minimum atomic E-state index is -1.77. The van der Waals surface area contributed by atoms with Gasteiger partial charge in [-0.1, -0.05) is 197 Å². The zero-order chi connectivity index (χ0) is 55.3. The van der Waals surface area contributed by atoms with Gasteiger partial charge in [-0.2, -0.15) is 0 Å². The largest absolute Gasteiger partial charge is 0.462 e. The molecule has 76 heavy (non-hydrogen) atoms. The van der Waals surface area contributed by atoms with E-state index in [1.165, 1.54) is 128 Å². The lowest BCUT2D eigenvalue weighted by atomic mass is 9.98. The van der Waals surface area contributed by atoms with Crippen molar-refractivity contribution in [1.29, 1.82) is 0 Å². The van der Waals surface area contributed by atoms with Gasteiger partial charge in [-0.05, 0) is 70.6 Å². The van der Waals surface area contributed by atoms with E-state index >= 15 is 0 Å². The summed E-state index contributed by atoms with van der Waals surface area (Å²) >= 11 is 0. The molecular formula is C61H108O15. The summed E-state index contributed by atoms with van der Waals surface area (Å²) in [7, 11) is 0. The summed E-state index contributed by atoms with van der Waals surface area (Å²) < 4.78 is 33.7. The molecule has 2 heterocycles. The van der Waals surface area contributed by atoms with Crippen molar-refractivity contribution in [1.82, 2.24) is 0 Å². The molecule has 2 rings (SSSR count). The Bertz CT molecular complexity index is 1500. The van der Waals surface area contributed by atoms with Gasteiger partial charge in [0.15, 0.2) is 18.7 Å². The first kappa shape index (κ1) is 69.6. The molecule has 2 aliphatic rings. The molecule has 2 aliphatic heterocycles. The van der Waals surface area contributed by atoms with Crippen LogP contribution in [0.15, 0.2) is 48.6 Å². The van der Waals surface area contributed by atoms with Crippen LogP contribution in [-0.2, 0) is 38.0 Å². The van der Waals surface area contributed by atoms with Crippen molar-refractivity contribution in [2.75, 3.05) is 26.4 Å². The van der Waals surface area contributed by atoms with Crippen LogP contribution in [0.2, 0.25) is 0 Å². The highest BCUT2D eigenvalue weighted by atomic mass is 16.7. The SMILES string of the molecule is CCCCC/C=C/C/C=C/C/C=C/CCCCCCC(=O)OC[C@H](CO[C@H]1O[C@@H](CO[C@H]2O[C@@H](CO)[C@@H](O)C(O)C2O)[C@@H](O)C(O)C1O)OC(=O)CCC/C=C/CCCCCCCCCCCCCCCCCCCC. The van der Waals surface area contributed by atoms with Crippen molar-refractivity contribution < 1.29 is 73.8 Å². The number of carbonyl (C=O) groups is 2. The lowest BCUT2D eigenvalue weighted by Gasteiger charge is -2.42. The van der Waals surface area contributed by atoms with Crippen LogP contribution in [0.4, 0.5) is 0 Å². The van der Waals surface area contributed by atoms with Crippen LogP contribution in [0.5, 0.6) is 0 Å². The van der Waals surface area contributed by atoms with Gasteiger partial charge in [0.2, 0.25) is 0 Å². The molecule has 0 radical (unpaired) electrons. The fourth-order valence-corrected chi connectivity index (χ4v) is 9.35. The Labute approximate surface area is 458 Å². The molecule has 0 saturated carbocycles. The van der Waals surface area contributed by atoms with Gasteiger partial charge < -0.3 is 64.2 Å². The Hall–Kier alpha value is -2.54. The first-order chi connectivity index (χ1) is 37.0. The number of aliphatic hydroxyl groups excluding tert-OH is 7. The maximum absolute atomic E-state index is 13.1. The van der Waals surface area contributed by atoms with E-state index in [9.17, 15) is 45.3 Å². The predicted molar refractivity (Wildman–Crippen MR) is 298 cm³/mol. The number of hydrogen-bond acceptors (Lipinski definition) is 15. The van der Waals surface area contributed by atoms with Crippen LogP contribution in [0, 0.1) is 0 Å². The quantitative estimate of drug-likeness (QED) is 0.0171. The van der Waals surface area contributed by atoms with Crippen LogP contribution in [-0.4, -0.2) is 142 Å². The van der Waals surface area contributed by atoms with Crippen molar-refractivity contribution in [3.05, 3.63) is 48.6 Å². The smallest absolute Gasteiger partial charge is 0.306 e. The molecule has 2 saturated heterocycles. The third-order valence-electron chi connectivity index (χ3n) is 14.3. The van der Waals surface area contributed by atoms with E-state index < -0.39 is 99.3 Å². The molecule has 0 spiro atoms. The highest BCUT2D eigenvalue weighted by Crippen LogP contribution is 2.27. The predicted octanol–water partition coefficient (Wildman–Crippen LogP) is 10.6. The molecule has 4 unspecified atom stereocenters. The third-order valence-corrected chi connectivity index (χ3v) is 14.3. The maximum Gasteiger partial charge on any atom is 0.306 e. The Balaban J connectivity index is 1.75. The Morgan fingerprint density at radius 3 is 1.32 bits per heavy atom. The van der Waals surface area contributed by atoms with E-state index in [4.69, 9.17) is 28.4 Å². The monoisotopic (exact) mass is 1080 g/mol. The van der Waals surface area contributed by atoms with E-state index in [-0.39, 0.29) is 19.4 Å². The highest BCUT2D eigenvalue weighted by molar-refractivity contribution is 5.70. The number of hydrogen-bond donors (Lipinski definition) is 7. The van der Waals surface area contributed by atoms with Gasteiger partial charge in [-0.3, -0.25) is 9.59 Å². The van der Waals surface area contributed by atoms with Crippen LogP contribution < -0.4 is 0 Å². The molecule has 0 aromatic carbocycles. The van der Waals surface area contributed by atoms with Crippen molar-refractivity contribution in [3.63, 3.8) is 0 Å². The number of aliphatic hydroxyl groups is 7. The molecule has 0 amide bonds. The van der Waals surface area contributed by atoms with Crippen LogP contribution in [0.3, 0.4) is 0 Å². The molecule has 442 valence electrons. The summed E-state index contributed by atoms with van der Waals surface area (Å²) in [6, 6.07) is 0. The van der Waals surface area contributed by atoms with Gasteiger partial charge in [0, 0.05) is 12.8 Å². The zero-order valence-corrected chi connectivity index (χ0v) is 47.2. The topological polar surface area (TPSA) is 231 Å². The molecule has 0 aromatic heterocycles. The first-order valence-electron chi connectivity index (χ1n) is 30.2. The average molecular weight is 1080 g/mol. The number of unbranched alkanes of at least 4 members (excludes halogenated alkanes) is 26. The summed E-state index contributed by atoms with van der Waals surface area (Å²) in [4.78, 5) is 25.9. The summed E-state index contributed by atoms with van der Waals surface area (Å²) in [5.41, 5.74) is 0. The Kier molecular flexibility index (Phi) is 43.3. The fraction of sp³-hybridized carbons (Fsp3) is 0.836. The molecule has 15 nitrogen and oxygen atoms in total. The van der Waals surface area contributed by atoms with Gasteiger partial charge in [0.25, 0.3) is 0 Å². The molecule has 0 aromatic rings. The number of carbonyl (C=O) groups excluding carboxylic acids is 2. The van der Waals surface area contributed by atoms with Crippen molar-refractivity contribution >= 4 is 11.9 Å². The first-order valence-corrected chi connectivity index (χ1v) is 30.2. The van der Waals surface area contributed by atoms with E-state index in [0.717, 1.165) is 57.8 Å². The highest BCUT2D eigenvalue weighted by Gasteiger charge is 2.47. The standard InChI is InChI=1S/C61H108O15/c1-3-5-7-9-11-13-15-17-19-21-22-23-24-25-26-28-30-32-34-36-38-40-42-44-53(64)74-49(46-71-52(63)43-41-39-37-35-33-31-29-27-20-18-16-14-12-10-8-6-4-2)47-72-60-59(70)57(68)55(66)51(76-60)48-73-61-58(69)56(67)54(65)50(45-62)75-61/h12,14,18,20,29,31,36,38,49-51,54-62,65-70H,3-11,13,15-17,19,21-28,30,32-35,37,39-48H2,1-2H3/b14-12+,20-18+,31-29+,38-36+/t49-,50+,51+,54-,55-,56?,57?,58?,59?,60+,61+/m1/s1. The van der Waals surface area contributed by atoms with Gasteiger partial charge in [-0.25, -0.2) is 0 Å². The molecule has 7 N–H and O–H groups in total. The van der Waals surface area contributed by atoms with Crippen LogP contribution in [0.1, 0.15) is 232 Å². The van der Waals surface area contributed by atoms with E-state index in [1.807, 2.05) is 0 Å². The minimum Gasteiger partial charge on any atom is -0.462 e. The van der Waals surface area contributed by atoms with Crippen molar-refractivity contribution in [3.8, 4) is 0 Å². The van der Waals surface area contributed by atoms with E-state index in [0.29, 0.717) is 19.3 Å². The second kappa shape index (κ2) is 47.3. The molecular weight excluding hydrogens is 973 g/mol. The zero-order valence-electron chi connectivity index (χ0n) is 47.2. The number of rotatable bonds is 48. The van der Waals surface area contributed by atoms with E-state index in [2.05, 4.69) is 62.5 Å². The number of ether oxygens (including phenoxy) is 6. The van der Waals surface area contributed by atoms with Crippen LogP contribution in [0.25, 0.3) is 0 Å². The minimum absolute atomic E-state index is 0.113. The second-order valence-electron chi connectivity index (χ2n) is 21.2. The second-order valence-corrected chi connectivity index (χ2v) is 21.2. The number of allylic oxidation sites excluding steroid dienone is 8. The maximum atomic E-state index is 13.1. The molecule has 0 aliphatic carbocycles. The number of esters is 2. The van der Waals surface area contributed by atoms with E-state index in [1.54, 1.807) is 0 Å². The Morgan fingerprint density at radius 2 is 0.803 bits per heavy atom. The Morgan fingerprint density at radius 1 is 0.421 bits per heavy atom. The van der Waals surface area contributed by atoms with Crippen LogP contribution >= 0.6 is 0 Å². The normalized spacial score (nSPS) is 24.6. The van der Waals surface area contributed by atoms with Gasteiger partial charge in [0.05, 0.1) is 19.8 Å². The molecule has 2 fully saturated rings. The van der Waals surface area contributed by atoms with Gasteiger partial charge in [-0.15, -0.1) is 0 Å². The summed E-state index contributed by atoms with van der Waals surface area (Å²) in [6.07, 6.45) is 38.6. The molecule has 11 atom stereocenters.